The zero-order valence-electron chi connectivity index (χ0n) is 8.25. The van der Waals surface area contributed by atoms with Crippen LogP contribution in [0.3, 0.4) is 0 Å². The van der Waals surface area contributed by atoms with Crippen LogP contribution in [0.1, 0.15) is 18.9 Å². The SMILES string of the molecule is CCCc1cccc2c1ccn2C. The van der Waals surface area contributed by atoms with Gasteiger partial charge in [0.05, 0.1) is 0 Å². The number of rotatable bonds is 2. The highest BCUT2D eigenvalue weighted by molar-refractivity contribution is 5.83. The summed E-state index contributed by atoms with van der Waals surface area (Å²) in [4.78, 5) is 0. The molecule has 0 aliphatic heterocycles. The molecular formula is C12H15N. The molecule has 0 amide bonds. The molecule has 13 heavy (non-hydrogen) atoms. The summed E-state index contributed by atoms with van der Waals surface area (Å²) >= 11 is 0. The lowest BCUT2D eigenvalue weighted by molar-refractivity contribution is 0.928. The summed E-state index contributed by atoms with van der Waals surface area (Å²) in [7, 11) is 2.10. The summed E-state index contributed by atoms with van der Waals surface area (Å²) in [6, 6.07) is 8.76. The maximum Gasteiger partial charge on any atom is 0.0480 e. The lowest BCUT2D eigenvalue weighted by Crippen LogP contribution is -1.86. The van der Waals surface area contributed by atoms with Gasteiger partial charge in [-0.05, 0) is 24.1 Å². The molecule has 0 N–H and O–H groups in total. The second-order valence-corrected chi connectivity index (χ2v) is 3.53. The Kier molecular flexibility index (Phi) is 2.09. The van der Waals surface area contributed by atoms with Gasteiger partial charge in [0.15, 0.2) is 0 Å². The van der Waals surface area contributed by atoms with Crippen LogP contribution in [0.15, 0.2) is 30.5 Å². The van der Waals surface area contributed by atoms with Crippen molar-refractivity contribution in [3.05, 3.63) is 36.0 Å². The first-order valence-electron chi connectivity index (χ1n) is 4.86. The summed E-state index contributed by atoms with van der Waals surface area (Å²) in [6.45, 7) is 2.22. The van der Waals surface area contributed by atoms with Crippen LogP contribution in [-0.4, -0.2) is 4.57 Å². The van der Waals surface area contributed by atoms with Gasteiger partial charge >= 0.3 is 0 Å². The van der Waals surface area contributed by atoms with Crippen molar-refractivity contribution < 1.29 is 0 Å². The Morgan fingerprint density at radius 3 is 2.85 bits per heavy atom. The van der Waals surface area contributed by atoms with Gasteiger partial charge in [-0.1, -0.05) is 25.5 Å². The highest BCUT2D eigenvalue weighted by Gasteiger charge is 2.01. The number of benzene rings is 1. The van der Waals surface area contributed by atoms with Crippen molar-refractivity contribution >= 4 is 10.9 Å². The van der Waals surface area contributed by atoms with Gasteiger partial charge in [-0.3, -0.25) is 0 Å². The fourth-order valence-corrected chi connectivity index (χ4v) is 1.85. The standard InChI is InChI=1S/C12H15N/c1-3-5-10-6-4-7-12-11(10)8-9-13(12)2/h4,6-9H,3,5H2,1-2H3. The minimum absolute atomic E-state index is 1.18. The number of fused-ring (bicyclic) bond motifs is 1. The number of hydrogen-bond donors (Lipinski definition) is 0. The predicted molar refractivity (Wildman–Crippen MR) is 56.9 cm³/mol. The molecule has 2 rings (SSSR count). The third-order valence-corrected chi connectivity index (χ3v) is 2.54. The first kappa shape index (κ1) is 8.36. The minimum Gasteiger partial charge on any atom is -0.351 e. The average molecular weight is 173 g/mol. The molecule has 1 heteroatoms. The predicted octanol–water partition coefficient (Wildman–Crippen LogP) is 3.13. The van der Waals surface area contributed by atoms with Gasteiger partial charge in [0.2, 0.25) is 0 Å². The van der Waals surface area contributed by atoms with Crippen LogP contribution in [0.5, 0.6) is 0 Å². The van der Waals surface area contributed by atoms with Crippen LogP contribution < -0.4 is 0 Å². The fourth-order valence-electron chi connectivity index (χ4n) is 1.85. The summed E-state index contributed by atoms with van der Waals surface area (Å²) in [6.07, 6.45) is 4.53. The normalized spacial score (nSPS) is 10.9. The lowest BCUT2D eigenvalue weighted by Gasteiger charge is -2.01. The maximum atomic E-state index is 2.23. The van der Waals surface area contributed by atoms with Crippen LogP contribution in [0.2, 0.25) is 0 Å². The fraction of sp³-hybridized carbons (Fsp3) is 0.333. The van der Waals surface area contributed by atoms with Crippen molar-refractivity contribution in [1.29, 1.82) is 0 Å². The van der Waals surface area contributed by atoms with E-state index in [1.165, 1.54) is 29.3 Å². The van der Waals surface area contributed by atoms with Crippen molar-refractivity contribution in [3.63, 3.8) is 0 Å². The second kappa shape index (κ2) is 3.25. The van der Waals surface area contributed by atoms with Gasteiger partial charge in [0.25, 0.3) is 0 Å². The van der Waals surface area contributed by atoms with Crippen molar-refractivity contribution in [2.24, 2.45) is 7.05 Å². The molecule has 0 bridgehead atoms. The molecule has 0 fully saturated rings. The molecule has 1 aromatic heterocycles. The second-order valence-electron chi connectivity index (χ2n) is 3.53. The van der Waals surface area contributed by atoms with E-state index in [4.69, 9.17) is 0 Å². The molecule has 0 saturated carbocycles. The van der Waals surface area contributed by atoms with Gasteiger partial charge in [-0.2, -0.15) is 0 Å². The van der Waals surface area contributed by atoms with E-state index in [1.807, 2.05) is 0 Å². The van der Waals surface area contributed by atoms with Crippen LogP contribution in [-0.2, 0) is 13.5 Å². The molecule has 0 aliphatic carbocycles. The number of aryl methyl sites for hydroxylation is 2. The Hall–Kier alpha value is -1.24. The van der Waals surface area contributed by atoms with Gasteiger partial charge in [-0.25, -0.2) is 0 Å². The molecule has 1 nitrogen and oxygen atoms in total. The molecular weight excluding hydrogens is 158 g/mol. The monoisotopic (exact) mass is 173 g/mol. The number of hydrogen-bond acceptors (Lipinski definition) is 0. The molecule has 68 valence electrons. The molecule has 1 heterocycles. The van der Waals surface area contributed by atoms with E-state index in [9.17, 15) is 0 Å². The van der Waals surface area contributed by atoms with Gasteiger partial charge in [0.1, 0.15) is 0 Å². The van der Waals surface area contributed by atoms with Crippen LogP contribution in [0, 0.1) is 0 Å². The van der Waals surface area contributed by atoms with Crippen molar-refractivity contribution in [3.8, 4) is 0 Å². The Morgan fingerprint density at radius 2 is 2.08 bits per heavy atom. The van der Waals surface area contributed by atoms with Crippen molar-refractivity contribution in [2.75, 3.05) is 0 Å². The molecule has 0 spiro atoms. The van der Waals surface area contributed by atoms with E-state index in [2.05, 4.69) is 49.0 Å². The largest absolute Gasteiger partial charge is 0.351 e. The highest BCUT2D eigenvalue weighted by atomic mass is 14.9. The van der Waals surface area contributed by atoms with Crippen LogP contribution in [0.4, 0.5) is 0 Å². The Morgan fingerprint density at radius 1 is 1.23 bits per heavy atom. The van der Waals surface area contributed by atoms with Gasteiger partial charge < -0.3 is 4.57 Å². The van der Waals surface area contributed by atoms with Crippen LogP contribution >= 0.6 is 0 Å². The molecule has 0 radical (unpaired) electrons. The van der Waals surface area contributed by atoms with Gasteiger partial charge in [0, 0.05) is 24.1 Å². The van der Waals surface area contributed by atoms with E-state index in [-0.39, 0.29) is 0 Å². The highest BCUT2D eigenvalue weighted by Crippen LogP contribution is 2.20. The Balaban J connectivity index is 2.63. The third-order valence-electron chi connectivity index (χ3n) is 2.54. The van der Waals surface area contributed by atoms with Gasteiger partial charge in [-0.15, -0.1) is 0 Å². The van der Waals surface area contributed by atoms with Crippen molar-refractivity contribution in [2.45, 2.75) is 19.8 Å². The van der Waals surface area contributed by atoms with E-state index >= 15 is 0 Å². The first-order valence-corrected chi connectivity index (χ1v) is 4.86. The van der Waals surface area contributed by atoms with E-state index < -0.39 is 0 Å². The lowest BCUT2D eigenvalue weighted by atomic mass is 10.1. The molecule has 0 unspecified atom stereocenters. The molecule has 1 aromatic carbocycles. The zero-order chi connectivity index (χ0) is 9.26. The number of aromatic nitrogens is 1. The molecule has 0 atom stereocenters. The minimum atomic E-state index is 1.18. The summed E-state index contributed by atoms with van der Waals surface area (Å²) in [5.74, 6) is 0. The van der Waals surface area contributed by atoms with E-state index in [1.54, 1.807) is 0 Å². The maximum absolute atomic E-state index is 2.23. The smallest absolute Gasteiger partial charge is 0.0480 e. The average Bonchev–Trinajstić information content (AvgIpc) is 2.50. The number of nitrogens with zero attached hydrogens (tertiary/aromatic N) is 1. The zero-order valence-corrected chi connectivity index (χ0v) is 8.25. The quantitative estimate of drug-likeness (QED) is 0.657. The summed E-state index contributed by atoms with van der Waals surface area (Å²) < 4.78 is 2.18. The summed E-state index contributed by atoms with van der Waals surface area (Å²) in [5.41, 5.74) is 2.81. The Labute approximate surface area is 79.0 Å². The molecule has 2 aromatic rings. The first-order chi connectivity index (χ1) is 6.33. The van der Waals surface area contributed by atoms with E-state index in [0.29, 0.717) is 0 Å². The van der Waals surface area contributed by atoms with E-state index in [0.717, 1.165) is 0 Å². The van der Waals surface area contributed by atoms with Crippen LogP contribution in [0.25, 0.3) is 10.9 Å². The third kappa shape index (κ3) is 1.35. The van der Waals surface area contributed by atoms with Crippen molar-refractivity contribution in [1.82, 2.24) is 4.57 Å². The topological polar surface area (TPSA) is 4.93 Å². The summed E-state index contributed by atoms with van der Waals surface area (Å²) in [5, 5.41) is 1.41. The molecule has 0 saturated heterocycles. The molecule has 0 aliphatic rings. The Bertz CT molecular complexity index is 412.